The fourth-order valence-corrected chi connectivity index (χ4v) is 5.15. The lowest BCUT2D eigenvalue weighted by atomic mass is 9.92. The molecule has 1 amide bonds. The molecule has 3 aromatic carbocycles. The summed E-state index contributed by atoms with van der Waals surface area (Å²) >= 11 is 13.6. The Hall–Kier alpha value is -3.60. The minimum absolute atomic E-state index is 0.0112. The molecule has 0 saturated carbocycles. The Balaban J connectivity index is 1.60. The average molecular weight is 609 g/mol. The summed E-state index contributed by atoms with van der Waals surface area (Å²) in [7, 11) is 0. The first-order chi connectivity index (χ1) is 19.0. The molecular weight excluding hydrogens is 588 g/mol. The van der Waals surface area contributed by atoms with Crippen LogP contribution >= 0.6 is 34.5 Å². The van der Waals surface area contributed by atoms with Gasteiger partial charge in [-0.3, -0.25) is 9.59 Å². The van der Waals surface area contributed by atoms with Gasteiger partial charge in [0.15, 0.2) is 0 Å². The van der Waals surface area contributed by atoms with E-state index in [9.17, 15) is 22.8 Å². The Morgan fingerprint density at radius 1 is 1.00 bits per heavy atom. The van der Waals surface area contributed by atoms with Crippen LogP contribution in [0.3, 0.4) is 0 Å². The maximum Gasteiger partial charge on any atom is 0.573 e. The van der Waals surface area contributed by atoms with Gasteiger partial charge in [-0.1, -0.05) is 53.5 Å². The minimum atomic E-state index is -4.80. The third kappa shape index (κ3) is 7.97. The molecule has 0 saturated heterocycles. The molecule has 1 aromatic heterocycles. The number of carboxylic acids is 1. The molecule has 1 atom stereocenters. The smallest absolute Gasteiger partial charge is 0.481 e. The van der Waals surface area contributed by atoms with Gasteiger partial charge < -0.3 is 15.2 Å². The first kappa shape index (κ1) is 29.4. The number of alkyl halides is 3. The van der Waals surface area contributed by atoms with E-state index in [4.69, 9.17) is 33.3 Å². The van der Waals surface area contributed by atoms with Crippen molar-refractivity contribution in [2.24, 2.45) is 0 Å². The molecule has 12 heteroatoms. The lowest BCUT2D eigenvalue weighted by molar-refractivity contribution is -0.274. The molecule has 2 N–H and O–H groups in total. The van der Waals surface area contributed by atoms with E-state index < -0.39 is 18.2 Å². The van der Waals surface area contributed by atoms with Crippen molar-refractivity contribution in [3.8, 4) is 17.0 Å². The predicted octanol–water partition coefficient (Wildman–Crippen LogP) is 7.59. The van der Waals surface area contributed by atoms with Crippen molar-refractivity contribution < 1.29 is 32.6 Å². The lowest BCUT2D eigenvalue weighted by Gasteiger charge is -2.17. The maximum atomic E-state index is 12.7. The molecule has 0 spiro atoms. The average Bonchev–Trinajstić information content (AvgIpc) is 3.39. The van der Waals surface area contributed by atoms with Crippen LogP contribution in [-0.2, 0) is 11.2 Å². The fraction of sp³-hybridized carbons (Fsp3) is 0.179. The number of carboxylic acid groups (broad SMARTS) is 1. The Labute approximate surface area is 241 Å². The number of nitrogens with zero attached hydrogens (tertiary/aromatic N) is 1. The van der Waals surface area contributed by atoms with Crippen LogP contribution in [0.25, 0.3) is 11.3 Å². The molecule has 4 rings (SSSR count). The van der Waals surface area contributed by atoms with Crippen molar-refractivity contribution in [2.45, 2.75) is 25.1 Å². The third-order valence-electron chi connectivity index (χ3n) is 5.83. The number of rotatable bonds is 10. The summed E-state index contributed by atoms with van der Waals surface area (Å²) in [6.45, 7) is 0.0112. The van der Waals surface area contributed by atoms with Crippen molar-refractivity contribution in [2.75, 3.05) is 6.54 Å². The summed E-state index contributed by atoms with van der Waals surface area (Å²) in [5.74, 6) is -2.06. The second-order valence-corrected chi connectivity index (χ2v) is 10.4. The zero-order valence-corrected chi connectivity index (χ0v) is 22.9. The van der Waals surface area contributed by atoms with Gasteiger partial charge in [0.25, 0.3) is 5.91 Å². The largest absolute Gasteiger partial charge is 0.573 e. The van der Waals surface area contributed by atoms with Crippen molar-refractivity contribution in [1.82, 2.24) is 10.3 Å². The van der Waals surface area contributed by atoms with Crippen molar-refractivity contribution in [3.63, 3.8) is 0 Å². The second-order valence-electron chi connectivity index (χ2n) is 8.67. The number of ether oxygens (including phenoxy) is 1. The number of aromatic nitrogens is 1. The Morgan fingerprint density at radius 3 is 2.33 bits per heavy atom. The van der Waals surface area contributed by atoms with E-state index in [0.717, 1.165) is 21.7 Å². The van der Waals surface area contributed by atoms with Gasteiger partial charge in [0.2, 0.25) is 0 Å². The molecule has 4 aromatic rings. The van der Waals surface area contributed by atoms with Crippen LogP contribution in [0.15, 0.2) is 72.1 Å². The van der Waals surface area contributed by atoms with E-state index in [-0.39, 0.29) is 24.6 Å². The summed E-state index contributed by atoms with van der Waals surface area (Å²) in [6.07, 6.45) is -4.54. The van der Waals surface area contributed by atoms with Gasteiger partial charge in [-0.15, -0.1) is 24.5 Å². The van der Waals surface area contributed by atoms with Gasteiger partial charge >= 0.3 is 12.3 Å². The van der Waals surface area contributed by atoms with Crippen LogP contribution in [0.5, 0.6) is 5.75 Å². The summed E-state index contributed by atoms with van der Waals surface area (Å²) in [5.41, 5.74) is 3.39. The number of benzene rings is 3. The lowest BCUT2D eigenvalue weighted by Crippen LogP contribution is -2.25. The highest BCUT2D eigenvalue weighted by Crippen LogP contribution is 2.36. The molecule has 208 valence electrons. The van der Waals surface area contributed by atoms with E-state index in [1.807, 2.05) is 5.38 Å². The van der Waals surface area contributed by atoms with Gasteiger partial charge in [-0.05, 0) is 53.9 Å². The van der Waals surface area contributed by atoms with Crippen LogP contribution in [0.4, 0.5) is 13.2 Å². The molecule has 0 aliphatic heterocycles. The number of hydrogen-bond donors (Lipinski definition) is 2. The van der Waals surface area contributed by atoms with Gasteiger partial charge in [0, 0.05) is 29.0 Å². The molecule has 0 radical (unpaired) electrons. The number of nitrogens with one attached hydrogen (secondary N) is 1. The molecule has 0 fully saturated rings. The highest BCUT2D eigenvalue weighted by Gasteiger charge is 2.31. The topological polar surface area (TPSA) is 88.5 Å². The van der Waals surface area contributed by atoms with Crippen molar-refractivity contribution >= 4 is 46.4 Å². The number of carbonyl (C=O) groups is 2. The number of hydrogen-bond acceptors (Lipinski definition) is 5. The molecule has 0 aliphatic carbocycles. The van der Waals surface area contributed by atoms with Crippen LogP contribution in [0.1, 0.15) is 38.8 Å². The first-order valence-corrected chi connectivity index (χ1v) is 13.5. The predicted molar refractivity (Wildman–Crippen MR) is 147 cm³/mol. The minimum Gasteiger partial charge on any atom is -0.481 e. The summed E-state index contributed by atoms with van der Waals surface area (Å²) < 4.78 is 42.0. The monoisotopic (exact) mass is 608 g/mol. The highest BCUT2D eigenvalue weighted by molar-refractivity contribution is 7.10. The van der Waals surface area contributed by atoms with Gasteiger partial charge in [0.1, 0.15) is 10.8 Å². The van der Waals surface area contributed by atoms with Crippen LogP contribution in [0, 0.1) is 0 Å². The van der Waals surface area contributed by atoms with Gasteiger partial charge in [-0.2, -0.15) is 0 Å². The summed E-state index contributed by atoms with van der Waals surface area (Å²) in [5, 5.41) is 14.7. The molecule has 0 aliphatic rings. The summed E-state index contributed by atoms with van der Waals surface area (Å²) in [4.78, 5) is 27.8. The molecule has 6 nitrogen and oxygen atoms in total. The van der Waals surface area contributed by atoms with Crippen LogP contribution < -0.4 is 10.1 Å². The number of halogens is 5. The van der Waals surface area contributed by atoms with Crippen LogP contribution in [-0.4, -0.2) is 34.9 Å². The molecule has 40 heavy (non-hydrogen) atoms. The zero-order chi connectivity index (χ0) is 28.9. The zero-order valence-electron chi connectivity index (χ0n) is 20.5. The van der Waals surface area contributed by atoms with E-state index in [0.29, 0.717) is 27.7 Å². The second kappa shape index (κ2) is 12.7. The fourth-order valence-electron chi connectivity index (χ4n) is 3.90. The molecular formula is C28H21Cl2F3N2O4S. The first-order valence-electron chi connectivity index (χ1n) is 11.8. The SMILES string of the molecule is O=C(O)CCNC(=O)c1ccc(CC(c2ccc(OC(F)(F)F)cc2)c2nc(-c3ccc(Cl)c(Cl)c3)cs2)cc1. The summed E-state index contributed by atoms with van der Waals surface area (Å²) in [6, 6.07) is 17.6. The van der Waals surface area contributed by atoms with Crippen molar-refractivity contribution in [3.05, 3.63) is 104 Å². The maximum absolute atomic E-state index is 12.7. The number of amides is 1. The standard InChI is InChI=1S/C28H21Cl2F3N2O4S/c29-22-10-7-19(14-23(22)30)24-15-40-27(35-24)21(17-5-8-20(9-6-17)39-28(31,32)33)13-16-1-3-18(4-2-16)26(38)34-12-11-25(36)37/h1-10,14-15,21H,11-13H2,(H,34,38)(H,36,37). The third-order valence-corrected chi connectivity index (χ3v) is 7.53. The number of thiazole rings is 1. The highest BCUT2D eigenvalue weighted by atomic mass is 35.5. The number of carbonyl (C=O) groups excluding carboxylic acids is 1. The van der Waals surface area contributed by atoms with Gasteiger partial charge in [-0.25, -0.2) is 4.98 Å². The normalized spacial score (nSPS) is 12.1. The Bertz CT molecular complexity index is 1490. The van der Waals surface area contributed by atoms with E-state index in [1.165, 1.54) is 23.5 Å². The van der Waals surface area contributed by atoms with E-state index in [1.54, 1.807) is 54.6 Å². The quantitative estimate of drug-likeness (QED) is 0.193. The molecule has 0 bridgehead atoms. The van der Waals surface area contributed by atoms with E-state index in [2.05, 4.69) is 10.1 Å². The van der Waals surface area contributed by atoms with Crippen LogP contribution in [0.2, 0.25) is 10.0 Å². The van der Waals surface area contributed by atoms with Crippen molar-refractivity contribution in [1.29, 1.82) is 0 Å². The van der Waals surface area contributed by atoms with Gasteiger partial charge in [0.05, 0.1) is 22.2 Å². The Morgan fingerprint density at radius 2 is 1.70 bits per heavy atom. The number of aliphatic carboxylic acids is 1. The van der Waals surface area contributed by atoms with E-state index >= 15 is 0 Å². The molecule has 1 heterocycles. The Kier molecular flexibility index (Phi) is 9.34. The molecule has 1 unspecified atom stereocenters.